The van der Waals surface area contributed by atoms with Crippen molar-refractivity contribution in [3.8, 4) is 5.82 Å². The van der Waals surface area contributed by atoms with Crippen molar-refractivity contribution in [3.63, 3.8) is 0 Å². The Hall–Kier alpha value is -2.34. The van der Waals surface area contributed by atoms with Gasteiger partial charge < -0.3 is 15.4 Å². The standard InChI is InChI=1S/C14H16N4O2/c15-12-2-1-5-18(14(12)19)13-4-3-11(10-16-13)17-6-8-20-9-7-17/h1-5,10H,6-9,15H2. The lowest BCUT2D eigenvalue weighted by Crippen LogP contribution is -2.36. The van der Waals surface area contributed by atoms with Crippen LogP contribution in [0, 0.1) is 0 Å². The first-order chi connectivity index (χ1) is 9.75. The molecule has 0 atom stereocenters. The average Bonchev–Trinajstić information content (AvgIpc) is 2.51. The zero-order chi connectivity index (χ0) is 13.9. The summed E-state index contributed by atoms with van der Waals surface area (Å²) in [6.07, 6.45) is 3.44. The molecule has 1 fully saturated rings. The van der Waals surface area contributed by atoms with Crippen molar-refractivity contribution >= 4 is 11.4 Å². The minimum atomic E-state index is -0.251. The van der Waals surface area contributed by atoms with E-state index in [0.717, 1.165) is 32.0 Å². The summed E-state index contributed by atoms with van der Waals surface area (Å²) in [5.41, 5.74) is 6.62. The van der Waals surface area contributed by atoms with Gasteiger partial charge in [-0.05, 0) is 24.3 Å². The normalized spacial score (nSPS) is 15.3. The molecule has 2 aromatic rings. The van der Waals surface area contributed by atoms with E-state index in [2.05, 4.69) is 9.88 Å². The van der Waals surface area contributed by atoms with E-state index in [1.165, 1.54) is 4.57 Å². The summed E-state index contributed by atoms with van der Waals surface area (Å²) in [7, 11) is 0. The van der Waals surface area contributed by atoms with E-state index in [1.807, 2.05) is 12.1 Å². The summed E-state index contributed by atoms with van der Waals surface area (Å²) in [4.78, 5) is 18.5. The highest BCUT2D eigenvalue weighted by Crippen LogP contribution is 2.15. The van der Waals surface area contributed by atoms with Crippen molar-refractivity contribution in [2.75, 3.05) is 36.9 Å². The van der Waals surface area contributed by atoms with Crippen molar-refractivity contribution in [1.29, 1.82) is 0 Å². The third kappa shape index (κ3) is 2.37. The molecule has 2 aromatic heterocycles. The molecule has 3 rings (SSSR count). The molecule has 0 spiro atoms. The topological polar surface area (TPSA) is 73.4 Å². The molecule has 0 aliphatic carbocycles. The van der Waals surface area contributed by atoms with E-state index >= 15 is 0 Å². The number of ether oxygens (including phenoxy) is 1. The Morgan fingerprint density at radius 3 is 2.70 bits per heavy atom. The van der Waals surface area contributed by atoms with Crippen LogP contribution in [0.15, 0.2) is 41.5 Å². The number of anilines is 2. The number of hydrogen-bond acceptors (Lipinski definition) is 5. The molecule has 0 aromatic carbocycles. The molecule has 0 unspecified atom stereocenters. The lowest BCUT2D eigenvalue weighted by atomic mass is 10.3. The summed E-state index contributed by atoms with van der Waals surface area (Å²) in [6.45, 7) is 3.19. The van der Waals surface area contributed by atoms with Crippen LogP contribution < -0.4 is 16.2 Å². The van der Waals surface area contributed by atoms with Gasteiger partial charge in [-0.1, -0.05) is 0 Å². The Labute approximate surface area is 116 Å². The number of aromatic nitrogens is 2. The van der Waals surface area contributed by atoms with Crippen LogP contribution in [-0.2, 0) is 4.74 Å². The van der Waals surface area contributed by atoms with E-state index in [-0.39, 0.29) is 11.2 Å². The van der Waals surface area contributed by atoms with E-state index in [4.69, 9.17) is 10.5 Å². The van der Waals surface area contributed by atoms with Crippen LogP contribution in [0.1, 0.15) is 0 Å². The molecule has 6 nitrogen and oxygen atoms in total. The largest absolute Gasteiger partial charge is 0.394 e. The Balaban J connectivity index is 1.89. The summed E-state index contributed by atoms with van der Waals surface area (Å²) in [5.74, 6) is 0.569. The van der Waals surface area contributed by atoms with Gasteiger partial charge in [-0.15, -0.1) is 0 Å². The minimum absolute atomic E-state index is 0.214. The first-order valence-corrected chi connectivity index (χ1v) is 6.52. The van der Waals surface area contributed by atoms with Gasteiger partial charge in [0.15, 0.2) is 0 Å². The maximum Gasteiger partial charge on any atom is 0.279 e. The molecule has 3 heterocycles. The van der Waals surface area contributed by atoms with E-state index in [1.54, 1.807) is 24.5 Å². The fourth-order valence-corrected chi connectivity index (χ4v) is 2.22. The Morgan fingerprint density at radius 2 is 2.00 bits per heavy atom. The summed E-state index contributed by atoms with van der Waals surface area (Å²) in [6, 6.07) is 7.10. The molecule has 0 radical (unpaired) electrons. The van der Waals surface area contributed by atoms with Gasteiger partial charge in [-0.25, -0.2) is 4.98 Å². The van der Waals surface area contributed by atoms with Crippen molar-refractivity contribution in [2.45, 2.75) is 0 Å². The first-order valence-electron chi connectivity index (χ1n) is 6.52. The van der Waals surface area contributed by atoms with Gasteiger partial charge in [0, 0.05) is 19.3 Å². The fraction of sp³-hybridized carbons (Fsp3) is 0.286. The van der Waals surface area contributed by atoms with Gasteiger partial charge in [-0.3, -0.25) is 9.36 Å². The third-order valence-electron chi connectivity index (χ3n) is 3.33. The van der Waals surface area contributed by atoms with Crippen molar-refractivity contribution in [2.24, 2.45) is 0 Å². The highest BCUT2D eigenvalue weighted by Gasteiger charge is 2.11. The quantitative estimate of drug-likeness (QED) is 0.869. The molecule has 20 heavy (non-hydrogen) atoms. The Morgan fingerprint density at radius 1 is 1.20 bits per heavy atom. The summed E-state index contributed by atoms with van der Waals surface area (Å²) in [5, 5.41) is 0. The van der Waals surface area contributed by atoms with Crippen molar-refractivity contribution in [3.05, 3.63) is 47.0 Å². The van der Waals surface area contributed by atoms with Crippen LogP contribution in [0.5, 0.6) is 0 Å². The fourth-order valence-electron chi connectivity index (χ4n) is 2.22. The predicted octanol–water partition coefficient (Wildman–Crippen LogP) is 0.651. The van der Waals surface area contributed by atoms with Gasteiger partial charge in [0.25, 0.3) is 5.56 Å². The van der Waals surface area contributed by atoms with Crippen LogP contribution >= 0.6 is 0 Å². The number of pyridine rings is 2. The van der Waals surface area contributed by atoms with Crippen LogP contribution in [0.4, 0.5) is 11.4 Å². The van der Waals surface area contributed by atoms with Crippen LogP contribution in [0.2, 0.25) is 0 Å². The summed E-state index contributed by atoms with van der Waals surface area (Å²) >= 11 is 0. The number of nitrogens with two attached hydrogens (primary N) is 1. The van der Waals surface area contributed by atoms with Crippen LogP contribution in [0.3, 0.4) is 0 Å². The Bertz CT molecular complexity index is 645. The molecular formula is C14H16N4O2. The number of morpholine rings is 1. The van der Waals surface area contributed by atoms with Crippen LogP contribution in [-0.4, -0.2) is 35.9 Å². The Kier molecular flexibility index (Phi) is 3.39. The highest BCUT2D eigenvalue weighted by atomic mass is 16.5. The lowest BCUT2D eigenvalue weighted by molar-refractivity contribution is 0.122. The number of nitrogens with zero attached hydrogens (tertiary/aromatic N) is 3. The zero-order valence-corrected chi connectivity index (χ0v) is 11.0. The SMILES string of the molecule is Nc1cccn(-c2ccc(N3CCOCC3)cn2)c1=O. The lowest BCUT2D eigenvalue weighted by Gasteiger charge is -2.28. The van der Waals surface area contributed by atoms with Gasteiger partial charge in [0.2, 0.25) is 0 Å². The first kappa shape index (κ1) is 12.7. The minimum Gasteiger partial charge on any atom is -0.394 e. The molecule has 6 heteroatoms. The summed E-state index contributed by atoms with van der Waals surface area (Å²) < 4.78 is 6.76. The molecule has 104 valence electrons. The molecular weight excluding hydrogens is 256 g/mol. The van der Waals surface area contributed by atoms with Crippen molar-refractivity contribution < 1.29 is 4.74 Å². The predicted molar refractivity (Wildman–Crippen MR) is 77.3 cm³/mol. The van der Waals surface area contributed by atoms with Crippen molar-refractivity contribution in [1.82, 2.24) is 9.55 Å². The second-order valence-corrected chi connectivity index (χ2v) is 4.61. The molecule has 0 saturated carbocycles. The molecule has 1 aliphatic rings. The van der Waals surface area contributed by atoms with Gasteiger partial charge in [0.05, 0.1) is 30.8 Å². The second kappa shape index (κ2) is 5.34. The monoisotopic (exact) mass is 272 g/mol. The van der Waals surface area contributed by atoms with Gasteiger partial charge >= 0.3 is 0 Å². The van der Waals surface area contributed by atoms with E-state index < -0.39 is 0 Å². The smallest absolute Gasteiger partial charge is 0.279 e. The van der Waals surface area contributed by atoms with E-state index in [0.29, 0.717) is 5.82 Å². The van der Waals surface area contributed by atoms with Gasteiger partial charge in [-0.2, -0.15) is 0 Å². The number of hydrogen-bond donors (Lipinski definition) is 1. The zero-order valence-electron chi connectivity index (χ0n) is 11.0. The molecule has 2 N–H and O–H groups in total. The number of rotatable bonds is 2. The maximum atomic E-state index is 11.9. The van der Waals surface area contributed by atoms with Gasteiger partial charge in [0.1, 0.15) is 5.82 Å². The second-order valence-electron chi connectivity index (χ2n) is 4.61. The molecule has 0 amide bonds. The highest BCUT2D eigenvalue weighted by molar-refractivity contribution is 5.47. The molecule has 0 bridgehead atoms. The molecule has 1 saturated heterocycles. The number of nitrogen functional groups attached to an aromatic ring is 1. The average molecular weight is 272 g/mol. The van der Waals surface area contributed by atoms with E-state index in [9.17, 15) is 4.79 Å². The third-order valence-corrected chi connectivity index (χ3v) is 3.33. The molecule has 1 aliphatic heterocycles. The maximum absolute atomic E-state index is 11.9. The van der Waals surface area contributed by atoms with Crippen LogP contribution in [0.25, 0.3) is 5.82 Å².